The zero-order valence-corrected chi connectivity index (χ0v) is 17.0. The molecule has 3 heterocycles. The van der Waals surface area contributed by atoms with Crippen molar-refractivity contribution in [2.24, 2.45) is 0 Å². The first kappa shape index (κ1) is 19.1. The van der Waals surface area contributed by atoms with Crippen molar-refractivity contribution in [3.8, 4) is 0 Å². The molecule has 3 aromatic rings. The summed E-state index contributed by atoms with van der Waals surface area (Å²) in [5.74, 6) is -0.198. The highest BCUT2D eigenvalue weighted by Gasteiger charge is 2.31. The number of halogens is 1. The Hall–Kier alpha value is -2.26. The fourth-order valence-corrected chi connectivity index (χ4v) is 5.41. The standard InChI is InChI=1S/C19H16ClN3O3S2/c20-14-10-12(23(25)26)3-4-15(14)21-18(24)11-22-7-5-16-13(6-9-28-16)19(22)17-2-1-8-27-17/h1-4,6,8-10,19H,5,7,11H2,(H,21,24)/t19-/m0/s1. The summed E-state index contributed by atoms with van der Waals surface area (Å²) >= 11 is 9.54. The van der Waals surface area contributed by atoms with Gasteiger partial charge in [-0.05, 0) is 40.9 Å². The number of nitrogens with zero attached hydrogens (tertiary/aromatic N) is 2. The van der Waals surface area contributed by atoms with Crippen LogP contribution >= 0.6 is 34.3 Å². The lowest BCUT2D eigenvalue weighted by atomic mass is 9.98. The first-order valence-corrected chi connectivity index (χ1v) is 10.7. The lowest BCUT2D eigenvalue weighted by Crippen LogP contribution is -2.40. The first-order valence-electron chi connectivity index (χ1n) is 8.60. The second kappa shape index (κ2) is 8.00. The predicted molar refractivity (Wildman–Crippen MR) is 112 cm³/mol. The first-order chi connectivity index (χ1) is 13.5. The Bertz CT molecular complexity index is 1020. The number of amides is 1. The van der Waals surface area contributed by atoms with E-state index in [1.165, 1.54) is 33.5 Å². The van der Waals surface area contributed by atoms with Gasteiger partial charge in [-0.25, -0.2) is 0 Å². The van der Waals surface area contributed by atoms with E-state index in [1.807, 2.05) is 11.4 Å². The van der Waals surface area contributed by atoms with Crippen LogP contribution < -0.4 is 5.32 Å². The number of thiophene rings is 2. The van der Waals surface area contributed by atoms with Crippen molar-refractivity contribution in [1.29, 1.82) is 0 Å². The number of nitrogens with one attached hydrogen (secondary N) is 1. The molecule has 0 saturated heterocycles. The van der Waals surface area contributed by atoms with E-state index in [0.717, 1.165) is 13.0 Å². The molecule has 1 N–H and O–H groups in total. The number of carbonyl (C=O) groups is 1. The van der Waals surface area contributed by atoms with E-state index in [4.69, 9.17) is 11.6 Å². The molecule has 1 amide bonds. The van der Waals surface area contributed by atoms with Crippen molar-refractivity contribution >= 4 is 51.6 Å². The largest absolute Gasteiger partial charge is 0.324 e. The highest BCUT2D eigenvalue weighted by molar-refractivity contribution is 7.10. The molecule has 4 rings (SSSR count). The van der Waals surface area contributed by atoms with E-state index in [0.29, 0.717) is 5.69 Å². The number of benzene rings is 1. The number of rotatable bonds is 5. The highest BCUT2D eigenvalue weighted by Crippen LogP contribution is 2.39. The van der Waals surface area contributed by atoms with E-state index in [2.05, 4.69) is 27.7 Å². The molecule has 0 fully saturated rings. The van der Waals surface area contributed by atoms with E-state index in [-0.39, 0.29) is 29.2 Å². The minimum atomic E-state index is -0.519. The van der Waals surface area contributed by atoms with Crippen LogP contribution in [-0.2, 0) is 11.2 Å². The van der Waals surface area contributed by atoms with Gasteiger partial charge in [0.2, 0.25) is 5.91 Å². The van der Waals surface area contributed by atoms with E-state index in [9.17, 15) is 14.9 Å². The molecule has 0 bridgehead atoms. The Morgan fingerprint density at radius 3 is 2.86 bits per heavy atom. The molecule has 1 aliphatic heterocycles. The Labute approximate surface area is 174 Å². The molecule has 0 saturated carbocycles. The maximum atomic E-state index is 12.7. The third kappa shape index (κ3) is 3.81. The lowest BCUT2D eigenvalue weighted by Gasteiger charge is -2.34. The monoisotopic (exact) mass is 433 g/mol. The van der Waals surface area contributed by atoms with Crippen molar-refractivity contribution in [3.63, 3.8) is 0 Å². The third-order valence-corrected chi connectivity index (χ3v) is 6.90. The summed E-state index contributed by atoms with van der Waals surface area (Å²) in [5, 5.41) is 17.9. The van der Waals surface area contributed by atoms with Gasteiger partial charge in [0.05, 0.1) is 28.2 Å². The van der Waals surface area contributed by atoms with E-state index < -0.39 is 4.92 Å². The number of hydrogen-bond acceptors (Lipinski definition) is 6. The number of nitro groups is 1. The summed E-state index contributed by atoms with van der Waals surface area (Å²) in [6.45, 7) is 1.00. The third-order valence-electron chi connectivity index (χ3n) is 4.66. The topological polar surface area (TPSA) is 75.5 Å². The lowest BCUT2D eigenvalue weighted by molar-refractivity contribution is -0.384. The number of fused-ring (bicyclic) bond motifs is 1. The molecule has 9 heteroatoms. The summed E-state index contributed by atoms with van der Waals surface area (Å²) in [6, 6.07) is 10.4. The Kier molecular flexibility index (Phi) is 5.45. The molecule has 1 aliphatic rings. The van der Waals surface area contributed by atoms with Crippen LogP contribution in [0.5, 0.6) is 0 Å². The average Bonchev–Trinajstić information content (AvgIpc) is 3.34. The molecule has 0 radical (unpaired) electrons. The molecule has 2 aromatic heterocycles. The van der Waals surface area contributed by atoms with Gasteiger partial charge >= 0.3 is 0 Å². The van der Waals surface area contributed by atoms with Crippen LogP contribution in [0.25, 0.3) is 0 Å². The van der Waals surface area contributed by atoms with Crippen molar-refractivity contribution in [3.05, 3.63) is 77.6 Å². The van der Waals surface area contributed by atoms with Gasteiger partial charge < -0.3 is 5.32 Å². The molecule has 144 valence electrons. The molecular weight excluding hydrogens is 418 g/mol. The molecule has 0 spiro atoms. The van der Waals surface area contributed by atoms with Crippen molar-refractivity contribution < 1.29 is 9.72 Å². The summed E-state index contributed by atoms with van der Waals surface area (Å²) in [5.41, 5.74) is 1.53. The maximum absolute atomic E-state index is 12.7. The van der Waals surface area contributed by atoms with Crippen LogP contribution in [0.1, 0.15) is 21.4 Å². The zero-order valence-electron chi connectivity index (χ0n) is 14.6. The Balaban J connectivity index is 1.52. The van der Waals surface area contributed by atoms with Gasteiger partial charge in [-0.15, -0.1) is 22.7 Å². The number of anilines is 1. The molecular formula is C19H16ClN3O3S2. The van der Waals surface area contributed by atoms with Crippen LogP contribution in [0, 0.1) is 10.1 Å². The highest BCUT2D eigenvalue weighted by atomic mass is 35.5. The van der Waals surface area contributed by atoms with Crippen molar-refractivity contribution in [2.75, 3.05) is 18.4 Å². The van der Waals surface area contributed by atoms with Crippen LogP contribution in [0.15, 0.2) is 47.2 Å². The minimum absolute atomic E-state index is 0.0630. The number of hydrogen-bond donors (Lipinski definition) is 1. The van der Waals surface area contributed by atoms with Gasteiger partial charge in [0.25, 0.3) is 5.69 Å². The fraction of sp³-hybridized carbons (Fsp3) is 0.211. The molecule has 28 heavy (non-hydrogen) atoms. The van der Waals surface area contributed by atoms with Gasteiger partial charge in [-0.1, -0.05) is 17.7 Å². The number of nitro benzene ring substituents is 1. The fourth-order valence-electron chi connectivity index (χ4n) is 3.41. The van der Waals surface area contributed by atoms with Crippen LogP contribution in [-0.4, -0.2) is 28.8 Å². The second-order valence-corrected chi connectivity index (χ2v) is 8.79. The number of non-ortho nitro benzene ring substituents is 1. The maximum Gasteiger partial charge on any atom is 0.271 e. The van der Waals surface area contributed by atoms with Gasteiger partial charge in [0.1, 0.15) is 0 Å². The van der Waals surface area contributed by atoms with Gasteiger partial charge in [-0.2, -0.15) is 0 Å². The van der Waals surface area contributed by atoms with Gasteiger partial charge in [0.15, 0.2) is 0 Å². The Morgan fingerprint density at radius 2 is 2.14 bits per heavy atom. The summed E-state index contributed by atoms with van der Waals surface area (Å²) < 4.78 is 0. The molecule has 1 atom stereocenters. The summed E-state index contributed by atoms with van der Waals surface area (Å²) in [7, 11) is 0. The predicted octanol–water partition coefficient (Wildman–Crippen LogP) is 4.96. The van der Waals surface area contributed by atoms with Gasteiger partial charge in [-0.3, -0.25) is 19.8 Å². The molecule has 6 nitrogen and oxygen atoms in total. The van der Waals surface area contributed by atoms with Crippen LogP contribution in [0.4, 0.5) is 11.4 Å². The van der Waals surface area contributed by atoms with Crippen LogP contribution in [0.2, 0.25) is 5.02 Å². The van der Waals surface area contributed by atoms with Crippen molar-refractivity contribution in [1.82, 2.24) is 4.90 Å². The van der Waals surface area contributed by atoms with Crippen LogP contribution in [0.3, 0.4) is 0 Å². The Morgan fingerprint density at radius 1 is 1.29 bits per heavy atom. The van der Waals surface area contributed by atoms with Crippen molar-refractivity contribution in [2.45, 2.75) is 12.5 Å². The minimum Gasteiger partial charge on any atom is -0.324 e. The normalized spacial score (nSPS) is 16.5. The second-order valence-electron chi connectivity index (χ2n) is 6.41. The summed E-state index contributed by atoms with van der Waals surface area (Å²) in [6.07, 6.45) is 0.917. The smallest absolute Gasteiger partial charge is 0.271 e. The zero-order chi connectivity index (χ0) is 19.7. The molecule has 0 unspecified atom stereocenters. The average molecular weight is 434 g/mol. The molecule has 0 aliphatic carbocycles. The molecule has 1 aromatic carbocycles. The van der Waals surface area contributed by atoms with E-state index in [1.54, 1.807) is 22.7 Å². The summed E-state index contributed by atoms with van der Waals surface area (Å²) in [4.78, 5) is 27.7. The quantitative estimate of drug-likeness (QED) is 0.456. The van der Waals surface area contributed by atoms with E-state index >= 15 is 0 Å². The SMILES string of the molecule is O=C(CN1CCc2sccc2[C@H]1c1cccs1)Nc1ccc([N+](=O)[O-])cc1Cl. The number of carbonyl (C=O) groups excluding carboxylic acids is 1. The van der Waals surface area contributed by atoms with Gasteiger partial charge in [0, 0.05) is 28.4 Å².